The van der Waals surface area contributed by atoms with Crippen molar-refractivity contribution in [2.24, 2.45) is 0 Å². The summed E-state index contributed by atoms with van der Waals surface area (Å²) in [5, 5.41) is 0. The Morgan fingerprint density at radius 1 is 1.38 bits per heavy atom. The third kappa shape index (κ3) is 69.3. The maximum atomic E-state index is 4.81. The van der Waals surface area contributed by atoms with Crippen LogP contribution in [-0.4, -0.2) is 18.0 Å². The van der Waals surface area contributed by atoms with Crippen LogP contribution in [-0.2, 0) is 4.74 Å². The first-order valence-corrected chi connectivity index (χ1v) is 3.37. The van der Waals surface area contributed by atoms with Crippen molar-refractivity contribution in [2.75, 3.05) is 13.7 Å². The van der Waals surface area contributed by atoms with Crippen LogP contribution in [0.4, 0.5) is 0 Å². The van der Waals surface area contributed by atoms with Gasteiger partial charge in [-0.3, -0.25) is 0 Å². The SMILES string of the molecule is CCOC.ClC(Cl)Cl. The molecular weight excluding hydrogens is 170 g/mol. The molecule has 0 aliphatic heterocycles. The molecule has 0 aromatic heterocycles. The molecule has 0 atom stereocenters. The van der Waals surface area contributed by atoms with Crippen molar-refractivity contribution < 1.29 is 4.74 Å². The van der Waals surface area contributed by atoms with E-state index >= 15 is 0 Å². The summed E-state index contributed by atoms with van der Waals surface area (Å²) in [6, 6.07) is 0. The predicted molar refractivity (Wildman–Crippen MR) is 38.9 cm³/mol. The first kappa shape index (κ1) is 11.6. The summed E-state index contributed by atoms with van der Waals surface area (Å²) in [5.74, 6) is 0. The molecular formula is C4H9Cl3O. The standard InChI is InChI=1S/C3H8O.CHCl3/c1-3-4-2;2-1(3)4/h3H2,1-2H3;1H. The largest absolute Gasteiger partial charge is 0.385 e. The minimum absolute atomic E-state index is 0.750. The first-order chi connectivity index (χ1) is 3.65. The van der Waals surface area contributed by atoms with Crippen LogP contribution >= 0.6 is 34.8 Å². The fourth-order valence-corrected chi connectivity index (χ4v) is 0. The summed E-state index contributed by atoms with van der Waals surface area (Å²) in [6.45, 7) is 2.78. The van der Waals surface area contributed by atoms with Crippen LogP contribution < -0.4 is 0 Å². The summed E-state index contributed by atoms with van der Waals surface area (Å²) in [7, 11) is 1.68. The van der Waals surface area contributed by atoms with Gasteiger partial charge in [-0.2, -0.15) is 0 Å². The van der Waals surface area contributed by atoms with Crippen LogP contribution in [0, 0.1) is 0 Å². The fourth-order valence-electron chi connectivity index (χ4n) is 0. The van der Waals surface area contributed by atoms with Crippen LogP contribution in [0.25, 0.3) is 0 Å². The lowest BCUT2D eigenvalue weighted by Gasteiger charge is -1.76. The third-order valence-corrected chi connectivity index (χ3v) is 0.289. The Morgan fingerprint density at radius 2 is 1.50 bits per heavy atom. The Labute approximate surface area is 64.9 Å². The fraction of sp³-hybridized carbons (Fsp3) is 1.00. The van der Waals surface area contributed by atoms with E-state index in [1.807, 2.05) is 6.92 Å². The Balaban J connectivity index is 0. The van der Waals surface area contributed by atoms with Crippen LogP contribution in [0.1, 0.15) is 6.92 Å². The van der Waals surface area contributed by atoms with Gasteiger partial charge in [0, 0.05) is 13.7 Å². The topological polar surface area (TPSA) is 9.23 Å². The van der Waals surface area contributed by atoms with Gasteiger partial charge in [-0.1, -0.05) is 34.8 Å². The highest BCUT2D eigenvalue weighted by Gasteiger charge is 1.78. The van der Waals surface area contributed by atoms with E-state index < -0.39 is 4.30 Å². The van der Waals surface area contributed by atoms with Gasteiger partial charge < -0.3 is 4.74 Å². The van der Waals surface area contributed by atoms with E-state index in [-0.39, 0.29) is 0 Å². The highest BCUT2D eigenvalue weighted by atomic mass is 35.6. The molecule has 4 heteroatoms. The van der Waals surface area contributed by atoms with Gasteiger partial charge in [0.2, 0.25) is 0 Å². The zero-order valence-electron chi connectivity index (χ0n) is 4.83. The molecule has 52 valence electrons. The van der Waals surface area contributed by atoms with Gasteiger partial charge in [-0.25, -0.2) is 0 Å². The zero-order chi connectivity index (χ0) is 6.99. The molecule has 0 fully saturated rings. The van der Waals surface area contributed by atoms with Crippen molar-refractivity contribution in [2.45, 2.75) is 11.2 Å². The van der Waals surface area contributed by atoms with Crippen LogP contribution in [0.3, 0.4) is 0 Å². The van der Waals surface area contributed by atoms with E-state index in [1.165, 1.54) is 0 Å². The summed E-state index contributed by atoms with van der Waals surface area (Å²) >= 11 is 14.4. The molecule has 0 N–H and O–H groups in total. The number of hydrogen-bond donors (Lipinski definition) is 0. The molecule has 0 rings (SSSR count). The molecule has 0 saturated carbocycles. The molecule has 0 saturated heterocycles. The quantitative estimate of drug-likeness (QED) is 0.562. The summed E-state index contributed by atoms with van der Waals surface area (Å²) in [4.78, 5) is 0. The summed E-state index contributed by atoms with van der Waals surface area (Å²) in [6.07, 6.45) is 0. The lowest BCUT2D eigenvalue weighted by atomic mass is 10.9. The third-order valence-electron chi connectivity index (χ3n) is 0.289. The molecule has 0 aromatic rings. The van der Waals surface area contributed by atoms with Crippen molar-refractivity contribution >= 4 is 34.8 Å². The highest BCUT2D eigenvalue weighted by molar-refractivity contribution is 6.63. The van der Waals surface area contributed by atoms with Crippen LogP contribution in [0.2, 0.25) is 0 Å². The second-order valence-corrected chi connectivity index (χ2v) is 2.80. The summed E-state index contributed by atoms with van der Waals surface area (Å²) < 4.78 is 3.79. The number of rotatable bonds is 1. The smallest absolute Gasteiger partial charge is 0.180 e. The molecule has 0 amide bonds. The minimum atomic E-state index is -0.750. The molecule has 0 bridgehead atoms. The number of hydrogen-bond acceptors (Lipinski definition) is 1. The second-order valence-electron chi connectivity index (χ2n) is 0.825. The van der Waals surface area contributed by atoms with Crippen molar-refractivity contribution in [1.82, 2.24) is 0 Å². The Morgan fingerprint density at radius 3 is 1.50 bits per heavy atom. The van der Waals surface area contributed by atoms with Crippen molar-refractivity contribution in [3.63, 3.8) is 0 Å². The van der Waals surface area contributed by atoms with E-state index in [0.29, 0.717) is 0 Å². The minimum Gasteiger partial charge on any atom is -0.385 e. The Kier molecular flexibility index (Phi) is 15.6. The van der Waals surface area contributed by atoms with Gasteiger partial charge in [0.1, 0.15) is 0 Å². The van der Waals surface area contributed by atoms with Gasteiger partial charge in [0.05, 0.1) is 0 Å². The molecule has 0 aliphatic rings. The van der Waals surface area contributed by atoms with Gasteiger partial charge in [-0.05, 0) is 6.92 Å². The average molecular weight is 179 g/mol. The van der Waals surface area contributed by atoms with E-state index in [0.717, 1.165) is 6.61 Å². The zero-order valence-corrected chi connectivity index (χ0v) is 7.09. The van der Waals surface area contributed by atoms with Crippen LogP contribution in [0.5, 0.6) is 0 Å². The van der Waals surface area contributed by atoms with E-state index in [2.05, 4.69) is 4.74 Å². The molecule has 8 heavy (non-hydrogen) atoms. The van der Waals surface area contributed by atoms with E-state index in [9.17, 15) is 0 Å². The molecule has 0 spiro atoms. The molecule has 1 nitrogen and oxygen atoms in total. The van der Waals surface area contributed by atoms with Gasteiger partial charge in [-0.15, -0.1) is 0 Å². The molecule has 0 radical (unpaired) electrons. The molecule has 0 aromatic carbocycles. The maximum Gasteiger partial charge on any atom is 0.180 e. The predicted octanol–water partition coefficient (Wildman–Crippen LogP) is 2.64. The van der Waals surface area contributed by atoms with Gasteiger partial charge in [0.25, 0.3) is 0 Å². The average Bonchev–Trinajstić information content (AvgIpc) is 1.65. The first-order valence-electron chi connectivity index (χ1n) is 2.06. The monoisotopic (exact) mass is 178 g/mol. The van der Waals surface area contributed by atoms with Crippen molar-refractivity contribution in [3.8, 4) is 0 Å². The van der Waals surface area contributed by atoms with E-state index in [1.54, 1.807) is 7.11 Å². The number of methoxy groups -OCH3 is 1. The Bertz CT molecular complexity index is 27.7. The van der Waals surface area contributed by atoms with Gasteiger partial charge in [0.15, 0.2) is 4.30 Å². The maximum absolute atomic E-state index is 4.81. The summed E-state index contributed by atoms with van der Waals surface area (Å²) in [5.41, 5.74) is 0. The van der Waals surface area contributed by atoms with Gasteiger partial charge >= 0.3 is 0 Å². The number of ether oxygens (including phenoxy) is 1. The van der Waals surface area contributed by atoms with Crippen molar-refractivity contribution in [3.05, 3.63) is 0 Å². The molecule has 0 heterocycles. The second kappa shape index (κ2) is 10.7. The highest BCUT2D eigenvalue weighted by Crippen LogP contribution is 2.03. The Hall–Kier alpha value is 0.830. The number of alkyl halides is 3. The van der Waals surface area contributed by atoms with Crippen molar-refractivity contribution in [1.29, 1.82) is 0 Å². The number of halogens is 3. The normalized spacial score (nSPS) is 8.25. The molecule has 0 aliphatic carbocycles. The lowest BCUT2D eigenvalue weighted by molar-refractivity contribution is 0.215. The van der Waals surface area contributed by atoms with Crippen LogP contribution in [0.15, 0.2) is 0 Å². The van der Waals surface area contributed by atoms with E-state index in [4.69, 9.17) is 34.8 Å². The molecule has 0 unspecified atom stereocenters. The lowest BCUT2D eigenvalue weighted by Crippen LogP contribution is -1.73.